The van der Waals surface area contributed by atoms with Crippen LogP contribution >= 0.6 is 0 Å². The van der Waals surface area contributed by atoms with Crippen molar-refractivity contribution in [2.75, 3.05) is 0 Å². The van der Waals surface area contributed by atoms with E-state index in [1.54, 1.807) is 0 Å². The summed E-state index contributed by atoms with van der Waals surface area (Å²) in [6, 6.07) is 1.54. The molecular weight excluding hydrogens is 206 g/mol. The predicted octanol–water partition coefficient (Wildman–Crippen LogP) is 1.57. The minimum absolute atomic E-state index is 0.0532. The van der Waals surface area contributed by atoms with Gasteiger partial charge in [0.1, 0.15) is 11.6 Å². The van der Waals surface area contributed by atoms with Gasteiger partial charge in [-0.05, 0) is 31.5 Å². The van der Waals surface area contributed by atoms with Crippen LogP contribution in [0.5, 0.6) is 0 Å². The molecule has 0 radical (unpaired) electrons. The first-order valence-corrected chi connectivity index (χ1v) is 4.18. The number of rotatable bonds is 2. The summed E-state index contributed by atoms with van der Waals surface area (Å²) in [5.41, 5.74) is -2.96. The van der Waals surface area contributed by atoms with Crippen molar-refractivity contribution in [3.63, 3.8) is 0 Å². The van der Waals surface area contributed by atoms with Gasteiger partial charge in [0, 0.05) is 5.56 Å². The van der Waals surface area contributed by atoms with Crippen LogP contribution in [-0.4, -0.2) is 16.2 Å². The molecule has 0 aliphatic rings. The number of carboxylic acid groups (broad SMARTS) is 1. The third kappa shape index (κ3) is 1.97. The highest BCUT2D eigenvalue weighted by Gasteiger charge is 2.35. The van der Waals surface area contributed by atoms with E-state index >= 15 is 0 Å². The van der Waals surface area contributed by atoms with Crippen LogP contribution in [0.3, 0.4) is 0 Å². The average molecular weight is 216 g/mol. The molecule has 82 valence electrons. The van der Waals surface area contributed by atoms with Crippen molar-refractivity contribution >= 4 is 5.97 Å². The lowest BCUT2D eigenvalue weighted by Crippen LogP contribution is -2.33. The number of hydrogen-bond acceptors (Lipinski definition) is 2. The van der Waals surface area contributed by atoms with Gasteiger partial charge in [0.15, 0.2) is 5.60 Å². The Labute approximate surface area is 85.0 Å². The van der Waals surface area contributed by atoms with E-state index in [-0.39, 0.29) is 5.56 Å². The minimum atomic E-state index is -2.43. The Bertz CT molecular complexity index is 413. The summed E-state index contributed by atoms with van der Waals surface area (Å²) in [6.45, 7) is 2.24. The van der Waals surface area contributed by atoms with Crippen LogP contribution in [0, 0.1) is 18.6 Å². The molecule has 0 fully saturated rings. The molecule has 0 aliphatic heterocycles. The number of aliphatic hydroxyl groups is 1. The van der Waals surface area contributed by atoms with Crippen molar-refractivity contribution in [2.45, 2.75) is 19.4 Å². The van der Waals surface area contributed by atoms with Gasteiger partial charge >= 0.3 is 5.97 Å². The highest BCUT2D eigenvalue weighted by molar-refractivity contribution is 5.78. The number of benzene rings is 1. The van der Waals surface area contributed by atoms with E-state index in [0.29, 0.717) is 6.07 Å². The highest BCUT2D eigenvalue weighted by Crippen LogP contribution is 2.26. The van der Waals surface area contributed by atoms with Gasteiger partial charge in [-0.15, -0.1) is 0 Å². The van der Waals surface area contributed by atoms with Crippen molar-refractivity contribution < 1.29 is 23.8 Å². The van der Waals surface area contributed by atoms with Crippen molar-refractivity contribution in [1.29, 1.82) is 0 Å². The molecule has 1 aromatic carbocycles. The molecule has 0 amide bonds. The number of hydrogen-bond donors (Lipinski definition) is 2. The lowest BCUT2D eigenvalue weighted by atomic mass is 9.94. The lowest BCUT2D eigenvalue weighted by Gasteiger charge is -2.19. The number of halogens is 2. The van der Waals surface area contributed by atoms with Crippen LogP contribution < -0.4 is 0 Å². The van der Waals surface area contributed by atoms with E-state index in [4.69, 9.17) is 5.11 Å². The fourth-order valence-electron chi connectivity index (χ4n) is 1.13. The number of aryl methyl sites for hydroxylation is 1. The monoisotopic (exact) mass is 216 g/mol. The number of carbonyl (C=O) groups is 1. The van der Waals surface area contributed by atoms with Gasteiger partial charge in [-0.1, -0.05) is 0 Å². The summed E-state index contributed by atoms with van der Waals surface area (Å²) in [5, 5.41) is 18.1. The normalized spacial score (nSPS) is 14.7. The molecule has 0 aliphatic carbocycles. The molecule has 1 rings (SSSR count). The topological polar surface area (TPSA) is 57.5 Å². The molecule has 0 aromatic heterocycles. The molecule has 0 bridgehead atoms. The van der Waals surface area contributed by atoms with Gasteiger partial charge in [0.05, 0.1) is 0 Å². The van der Waals surface area contributed by atoms with Gasteiger partial charge in [0.2, 0.25) is 0 Å². The molecule has 15 heavy (non-hydrogen) atoms. The SMILES string of the molecule is Cc1cc(F)c(C(C)(O)C(=O)O)cc1F. The van der Waals surface area contributed by atoms with E-state index in [2.05, 4.69) is 0 Å². The van der Waals surface area contributed by atoms with Crippen molar-refractivity contribution in [1.82, 2.24) is 0 Å². The van der Waals surface area contributed by atoms with Crippen LogP contribution in [0.2, 0.25) is 0 Å². The Balaban J connectivity index is 3.38. The maximum absolute atomic E-state index is 13.3. The van der Waals surface area contributed by atoms with Gasteiger partial charge in [0.25, 0.3) is 0 Å². The van der Waals surface area contributed by atoms with Crippen molar-refractivity contribution in [2.24, 2.45) is 0 Å². The second-order valence-electron chi connectivity index (χ2n) is 3.46. The molecular formula is C10H10F2O3. The van der Waals surface area contributed by atoms with E-state index in [0.717, 1.165) is 13.0 Å². The van der Waals surface area contributed by atoms with Gasteiger partial charge in [-0.25, -0.2) is 13.6 Å². The predicted molar refractivity (Wildman–Crippen MR) is 48.3 cm³/mol. The summed E-state index contributed by atoms with van der Waals surface area (Å²) >= 11 is 0. The van der Waals surface area contributed by atoms with Crippen LogP contribution in [0.1, 0.15) is 18.1 Å². The van der Waals surface area contributed by atoms with E-state index < -0.39 is 28.8 Å². The second-order valence-corrected chi connectivity index (χ2v) is 3.46. The molecule has 1 atom stereocenters. The Morgan fingerprint density at radius 2 is 1.87 bits per heavy atom. The molecule has 0 saturated heterocycles. The molecule has 1 unspecified atom stereocenters. The third-order valence-corrected chi connectivity index (χ3v) is 2.19. The Morgan fingerprint density at radius 1 is 1.33 bits per heavy atom. The maximum Gasteiger partial charge on any atom is 0.340 e. The first-order valence-electron chi connectivity index (χ1n) is 4.18. The number of aliphatic carboxylic acids is 1. The first kappa shape index (κ1) is 11.6. The smallest absolute Gasteiger partial charge is 0.340 e. The third-order valence-electron chi connectivity index (χ3n) is 2.19. The van der Waals surface area contributed by atoms with Crippen LogP contribution in [0.4, 0.5) is 8.78 Å². The molecule has 3 nitrogen and oxygen atoms in total. The molecule has 0 saturated carbocycles. The van der Waals surface area contributed by atoms with Crippen LogP contribution in [-0.2, 0) is 10.4 Å². The maximum atomic E-state index is 13.3. The largest absolute Gasteiger partial charge is 0.479 e. The van der Waals surface area contributed by atoms with E-state index in [1.165, 1.54) is 6.92 Å². The first-order chi connectivity index (χ1) is 6.76. The number of carboxylic acids is 1. The van der Waals surface area contributed by atoms with Crippen LogP contribution in [0.25, 0.3) is 0 Å². The Kier molecular flexibility index (Phi) is 2.77. The van der Waals surface area contributed by atoms with Gasteiger partial charge < -0.3 is 10.2 Å². The molecule has 1 aromatic rings. The van der Waals surface area contributed by atoms with Gasteiger partial charge in [-0.3, -0.25) is 0 Å². The summed E-state index contributed by atoms with van der Waals surface area (Å²) in [4.78, 5) is 10.6. The molecule has 0 heterocycles. The minimum Gasteiger partial charge on any atom is -0.479 e. The zero-order chi connectivity index (χ0) is 11.8. The summed E-state index contributed by atoms with van der Waals surface area (Å²) < 4.78 is 26.4. The fourth-order valence-corrected chi connectivity index (χ4v) is 1.13. The quantitative estimate of drug-likeness (QED) is 0.788. The standard InChI is InChI=1S/C10H10F2O3/c1-5-3-8(12)6(4-7(5)11)10(2,15)9(13)14/h3-4,15H,1-2H3,(H,13,14). The van der Waals surface area contributed by atoms with Gasteiger partial charge in [-0.2, -0.15) is 0 Å². The van der Waals surface area contributed by atoms with E-state index in [9.17, 15) is 18.7 Å². The Morgan fingerprint density at radius 3 is 2.33 bits per heavy atom. The second kappa shape index (κ2) is 3.58. The van der Waals surface area contributed by atoms with Crippen molar-refractivity contribution in [3.8, 4) is 0 Å². The summed E-state index contributed by atoms with van der Waals surface area (Å²) in [5.74, 6) is -3.33. The molecule has 0 spiro atoms. The zero-order valence-electron chi connectivity index (χ0n) is 8.21. The average Bonchev–Trinajstić information content (AvgIpc) is 2.10. The summed E-state index contributed by atoms with van der Waals surface area (Å²) in [7, 11) is 0. The fraction of sp³-hybridized carbons (Fsp3) is 0.300. The van der Waals surface area contributed by atoms with E-state index in [1.807, 2.05) is 0 Å². The molecule has 2 N–H and O–H groups in total. The highest BCUT2D eigenvalue weighted by atomic mass is 19.1. The zero-order valence-corrected chi connectivity index (χ0v) is 8.21. The van der Waals surface area contributed by atoms with Crippen LogP contribution in [0.15, 0.2) is 12.1 Å². The molecule has 5 heteroatoms. The lowest BCUT2D eigenvalue weighted by molar-refractivity contribution is -0.157. The summed E-state index contributed by atoms with van der Waals surface area (Å²) in [6.07, 6.45) is 0. The Hall–Kier alpha value is -1.49. The van der Waals surface area contributed by atoms with Crippen molar-refractivity contribution in [3.05, 3.63) is 34.9 Å².